The Hall–Kier alpha value is -4.54. The highest BCUT2D eigenvalue weighted by Gasteiger charge is 2.61. The molecule has 1 aromatic heterocycles. The van der Waals surface area contributed by atoms with Crippen LogP contribution in [0, 0.1) is 21.8 Å². The second kappa shape index (κ2) is 9.09. The number of furan rings is 1. The molecule has 0 aliphatic carbocycles. The molecule has 2 aliphatic heterocycles. The van der Waals surface area contributed by atoms with Crippen molar-refractivity contribution >= 4 is 40.5 Å². The van der Waals surface area contributed by atoms with Crippen LogP contribution in [0.5, 0.6) is 0 Å². The van der Waals surface area contributed by atoms with E-state index >= 15 is 0 Å². The number of rotatable bonds is 5. The molecular formula is C27H17ClFN3O6. The van der Waals surface area contributed by atoms with Crippen molar-refractivity contribution < 1.29 is 28.2 Å². The van der Waals surface area contributed by atoms with E-state index in [2.05, 4.69) is 0 Å². The van der Waals surface area contributed by atoms with Crippen LogP contribution in [0.3, 0.4) is 0 Å². The van der Waals surface area contributed by atoms with Crippen LogP contribution in [0.15, 0.2) is 89.3 Å². The number of nitro benzene ring substituents is 1. The standard InChI is InChI=1S/C27H17ClFN3O6/c28-15-6-11-19(20(14-15)32(35)36)21-12-13-22(37-21)24-23-25(38-31(24)18-4-2-1-3-5-18)27(34)30(26(23)33)17-9-7-16(29)8-10-17/h1-14,23-25H/t23-,24-,25+/m0/s1. The van der Waals surface area contributed by atoms with E-state index in [1.165, 1.54) is 35.4 Å². The van der Waals surface area contributed by atoms with Crippen LogP contribution in [0.25, 0.3) is 11.3 Å². The lowest BCUT2D eigenvalue weighted by atomic mass is 9.94. The van der Waals surface area contributed by atoms with Crippen molar-refractivity contribution in [2.75, 3.05) is 9.96 Å². The zero-order valence-electron chi connectivity index (χ0n) is 19.4. The number of carbonyl (C=O) groups is 2. The molecule has 3 atom stereocenters. The number of carbonyl (C=O) groups excluding carboxylic acids is 2. The molecule has 0 spiro atoms. The first kappa shape index (κ1) is 23.8. The number of nitrogens with zero attached hydrogens (tertiary/aromatic N) is 3. The topological polar surface area (TPSA) is 106 Å². The number of nitro groups is 1. The van der Waals surface area contributed by atoms with Crippen LogP contribution in [-0.4, -0.2) is 22.8 Å². The monoisotopic (exact) mass is 533 g/mol. The molecule has 2 saturated heterocycles. The molecule has 38 heavy (non-hydrogen) atoms. The Morgan fingerprint density at radius 3 is 2.34 bits per heavy atom. The van der Waals surface area contributed by atoms with E-state index in [0.717, 1.165) is 17.0 Å². The van der Waals surface area contributed by atoms with E-state index in [0.29, 0.717) is 5.69 Å². The van der Waals surface area contributed by atoms with Gasteiger partial charge in [-0.2, -0.15) is 0 Å². The maximum atomic E-state index is 13.7. The third kappa shape index (κ3) is 3.82. The van der Waals surface area contributed by atoms with Gasteiger partial charge in [0.15, 0.2) is 6.10 Å². The number of hydroxylamine groups is 1. The van der Waals surface area contributed by atoms with Crippen molar-refractivity contribution in [3.05, 3.63) is 112 Å². The van der Waals surface area contributed by atoms with Gasteiger partial charge in [-0.05, 0) is 60.7 Å². The third-order valence-corrected chi connectivity index (χ3v) is 6.79. The van der Waals surface area contributed by atoms with Gasteiger partial charge in [0.05, 0.1) is 21.9 Å². The smallest absolute Gasteiger partial charge is 0.281 e. The first-order valence-corrected chi connectivity index (χ1v) is 11.9. The fourth-order valence-electron chi connectivity index (χ4n) is 4.87. The maximum absolute atomic E-state index is 13.7. The summed E-state index contributed by atoms with van der Waals surface area (Å²) in [6, 6.07) is 20.4. The second-order valence-corrected chi connectivity index (χ2v) is 9.20. The van der Waals surface area contributed by atoms with E-state index < -0.39 is 40.6 Å². The maximum Gasteiger partial charge on any atom is 0.281 e. The molecule has 0 radical (unpaired) electrons. The summed E-state index contributed by atoms with van der Waals surface area (Å²) in [4.78, 5) is 45.1. The van der Waals surface area contributed by atoms with Crippen molar-refractivity contribution in [2.24, 2.45) is 5.92 Å². The van der Waals surface area contributed by atoms with Crippen molar-refractivity contribution in [1.29, 1.82) is 0 Å². The van der Waals surface area contributed by atoms with Crippen molar-refractivity contribution in [2.45, 2.75) is 12.1 Å². The highest BCUT2D eigenvalue weighted by molar-refractivity contribution is 6.31. The predicted molar refractivity (Wildman–Crippen MR) is 135 cm³/mol. The summed E-state index contributed by atoms with van der Waals surface area (Å²) in [6.45, 7) is 0. The lowest BCUT2D eigenvalue weighted by Gasteiger charge is -2.27. The summed E-state index contributed by atoms with van der Waals surface area (Å²) in [5.74, 6) is -2.17. The van der Waals surface area contributed by atoms with Crippen LogP contribution < -0.4 is 9.96 Å². The normalized spacial score (nSPS) is 20.7. The van der Waals surface area contributed by atoms with Gasteiger partial charge < -0.3 is 4.42 Å². The van der Waals surface area contributed by atoms with E-state index in [1.54, 1.807) is 36.4 Å². The van der Waals surface area contributed by atoms with E-state index in [9.17, 15) is 24.1 Å². The van der Waals surface area contributed by atoms with Crippen molar-refractivity contribution in [3.63, 3.8) is 0 Å². The average molecular weight is 534 g/mol. The molecule has 6 rings (SSSR count). The fraction of sp³-hybridized carbons (Fsp3) is 0.111. The number of hydrogen-bond donors (Lipinski definition) is 0. The number of para-hydroxylation sites is 1. The minimum Gasteiger partial charge on any atom is -0.458 e. The summed E-state index contributed by atoms with van der Waals surface area (Å²) >= 11 is 5.95. The molecule has 0 saturated carbocycles. The molecule has 2 aliphatic rings. The summed E-state index contributed by atoms with van der Waals surface area (Å²) in [7, 11) is 0. The van der Waals surface area contributed by atoms with Crippen LogP contribution in [0.1, 0.15) is 11.8 Å². The lowest BCUT2D eigenvalue weighted by Crippen LogP contribution is -2.37. The Morgan fingerprint density at radius 1 is 0.895 bits per heavy atom. The van der Waals surface area contributed by atoms with Gasteiger partial charge in [0.25, 0.3) is 11.6 Å². The zero-order chi connectivity index (χ0) is 26.6. The Morgan fingerprint density at radius 2 is 1.63 bits per heavy atom. The molecule has 11 heteroatoms. The van der Waals surface area contributed by atoms with Gasteiger partial charge in [-0.15, -0.1) is 0 Å². The van der Waals surface area contributed by atoms with Crippen molar-refractivity contribution in [3.8, 4) is 11.3 Å². The zero-order valence-corrected chi connectivity index (χ0v) is 20.1. The first-order valence-electron chi connectivity index (χ1n) is 11.5. The molecular weight excluding hydrogens is 517 g/mol. The first-order chi connectivity index (χ1) is 18.3. The molecule has 0 unspecified atom stereocenters. The molecule has 3 heterocycles. The summed E-state index contributed by atoms with van der Waals surface area (Å²) < 4.78 is 19.6. The number of fused-ring (bicyclic) bond motifs is 1. The Kier molecular flexibility index (Phi) is 5.70. The van der Waals surface area contributed by atoms with E-state index in [1.807, 2.05) is 6.07 Å². The fourth-order valence-corrected chi connectivity index (χ4v) is 5.03. The number of benzene rings is 3. The average Bonchev–Trinajstić information content (AvgIpc) is 3.60. The quantitative estimate of drug-likeness (QED) is 0.184. The molecule has 0 bridgehead atoms. The van der Waals surface area contributed by atoms with Gasteiger partial charge in [0, 0.05) is 11.1 Å². The van der Waals surface area contributed by atoms with Crippen molar-refractivity contribution in [1.82, 2.24) is 0 Å². The van der Waals surface area contributed by atoms with Gasteiger partial charge in [-0.3, -0.25) is 24.5 Å². The summed E-state index contributed by atoms with van der Waals surface area (Å²) in [5, 5.41) is 13.3. The minimum absolute atomic E-state index is 0.187. The lowest BCUT2D eigenvalue weighted by molar-refractivity contribution is -0.384. The number of anilines is 2. The SMILES string of the molecule is O=C1[C@@H]2[C@@H](ON(c3ccccc3)[C@H]2c2ccc(-c3ccc(Cl)cc3[N+](=O)[O-])o2)C(=O)N1c1ccc(F)cc1. The second-order valence-electron chi connectivity index (χ2n) is 8.77. The Balaban J connectivity index is 1.43. The predicted octanol–water partition coefficient (Wildman–Crippen LogP) is 5.70. The Labute approximate surface area is 219 Å². The highest BCUT2D eigenvalue weighted by Crippen LogP contribution is 2.48. The number of hydrogen-bond acceptors (Lipinski definition) is 7. The molecule has 190 valence electrons. The molecule has 4 aromatic rings. The van der Waals surface area contributed by atoms with Gasteiger partial charge in [-0.25, -0.2) is 14.4 Å². The van der Waals surface area contributed by atoms with Crippen LogP contribution in [0.4, 0.5) is 21.5 Å². The third-order valence-electron chi connectivity index (χ3n) is 6.55. The van der Waals surface area contributed by atoms with Gasteiger partial charge in [-0.1, -0.05) is 29.8 Å². The molecule has 9 nitrogen and oxygen atoms in total. The summed E-state index contributed by atoms with van der Waals surface area (Å²) in [5.41, 5.74) is 0.764. The Bertz CT molecular complexity index is 1580. The highest BCUT2D eigenvalue weighted by atomic mass is 35.5. The van der Waals surface area contributed by atoms with Gasteiger partial charge in [0.1, 0.15) is 29.3 Å². The molecule has 0 N–H and O–H groups in total. The van der Waals surface area contributed by atoms with Crippen LogP contribution >= 0.6 is 11.6 Å². The molecule has 2 amide bonds. The number of imide groups is 1. The van der Waals surface area contributed by atoms with Crippen LogP contribution in [0.2, 0.25) is 5.02 Å². The van der Waals surface area contributed by atoms with Gasteiger partial charge >= 0.3 is 0 Å². The van der Waals surface area contributed by atoms with E-state index in [-0.39, 0.29) is 33.5 Å². The summed E-state index contributed by atoms with van der Waals surface area (Å²) in [6.07, 6.45) is -1.16. The van der Waals surface area contributed by atoms with Crippen LogP contribution in [-0.2, 0) is 14.4 Å². The molecule has 3 aromatic carbocycles. The van der Waals surface area contributed by atoms with Gasteiger partial charge in [0.2, 0.25) is 5.91 Å². The molecule has 2 fully saturated rings. The number of halogens is 2. The largest absolute Gasteiger partial charge is 0.458 e. The van der Waals surface area contributed by atoms with E-state index in [4.69, 9.17) is 20.9 Å². The minimum atomic E-state index is -1.16. The number of amides is 2.